The number of rotatable bonds is 5. The van der Waals surface area contributed by atoms with Crippen LogP contribution in [0.5, 0.6) is 0 Å². The SMILES string of the molecule is NC(=O)c1ccc(F)c(-c2cccc(C(=O)Nc3c(I)cc(C(F)(C(F)(F)F)C(F)(F)F)cc3C(F)(F)F)c2F)c1Cl. The van der Waals surface area contributed by atoms with E-state index in [1.54, 1.807) is 5.32 Å². The molecule has 0 aromatic heterocycles. The van der Waals surface area contributed by atoms with Crippen LogP contribution in [0.1, 0.15) is 31.8 Å². The van der Waals surface area contributed by atoms with E-state index in [2.05, 4.69) is 0 Å². The molecule has 0 fully saturated rings. The quantitative estimate of drug-likeness (QED) is 0.203. The molecule has 3 aromatic rings. The minimum absolute atomic E-state index is 0.219. The van der Waals surface area contributed by atoms with Crippen molar-refractivity contribution >= 4 is 51.7 Å². The lowest BCUT2D eigenvalue weighted by molar-refractivity contribution is -0.348. The average Bonchev–Trinajstić information content (AvgIpc) is 2.83. The third-order valence-corrected chi connectivity index (χ3v) is 6.93. The molecule has 3 aromatic carbocycles. The van der Waals surface area contributed by atoms with Gasteiger partial charge >= 0.3 is 24.2 Å². The van der Waals surface area contributed by atoms with Gasteiger partial charge in [0.1, 0.15) is 11.6 Å². The average molecular weight is 749 g/mol. The molecule has 0 aliphatic rings. The third kappa shape index (κ3) is 5.84. The molecule has 0 aliphatic heterocycles. The Kier molecular flexibility index (Phi) is 8.82. The molecule has 42 heavy (non-hydrogen) atoms. The van der Waals surface area contributed by atoms with E-state index in [-0.39, 0.29) is 6.07 Å². The summed E-state index contributed by atoms with van der Waals surface area (Å²) >= 11 is 6.78. The molecular formula is C24H10ClF12IN2O2. The summed E-state index contributed by atoms with van der Waals surface area (Å²) in [4.78, 5) is 24.4. The van der Waals surface area contributed by atoms with Gasteiger partial charge in [-0.3, -0.25) is 9.59 Å². The van der Waals surface area contributed by atoms with Crippen molar-refractivity contribution in [1.82, 2.24) is 0 Å². The van der Waals surface area contributed by atoms with Gasteiger partial charge in [0, 0.05) is 20.3 Å². The lowest BCUT2D eigenvalue weighted by Crippen LogP contribution is -2.50. The number of nitrogens with two attached hydrogens (primary N) is 1. The molecule has 0 saturated carbocycles. The highest BCUT2D eigenvalue weighted by Crippen LogP contribution is 2.55. The highest BCUT2D eigenvalue weighted by atomic mass is 127. The third-order valence-electron chi connectivity index (χ3n) is 5.68. The van der Waals surface area contributed by atoms with Gasteiger partial charge in [-0.15, -0.1) is 0 Å². The fraction of sp³-hybridized carbons (Fsp3) is 0.167. The first-order valence-corrected chi connectivity index (χ1v) is 12.1. The number of anilines is 1. The minimum Gasteiger partial charge on any atom is -0.366 e. The number of carbonyl (C=O) groups is 2. The Hall–Kier alpha value is -3.22. The normalized spacial score (nSPS) is 12.8. The summed E-state index contributed by atoms with van der Waals surface area (Å²) in [6, 6.07) is 3.02. The Bertz CT molecular complexity index is 1570. The zero-order valence-corrected chi connectivity index (χ0v) is 22.6. The number of hydrogen-bond donors (Lipinski definition) is 2. The second kappa shape index (κ2) is 11.1. The lowest BCUT2D eigenvalue weighted by atomic mass is 9.92. The number of nitrogens with one attached hydrogen (secondary N) is 1. The van der Waals surface area contributed by atoms with Crippen LogP contribution in [0.2, 0.25) is 5.02 Å². The number of carbonyl (C=O) groups excluding carboxylic acids is 2. The van der Waals surface area contributed by atoms with Crippen LogP contribution in [0, 0.1) is 15.2 Å². The van der Waals surface area contributed by atoms with Gasteiger partial charge in [-0.1, -0.05) is 23.7 Å². The highest BCUT2D eigenvalue weighted by molar-refractivity contribution is 14.1. The fourth-order valence-electron chi connectivity index (χ4n) is 3.72. The van der Waals surface area contributed by atoms with Crippen LogP contribution in [0.15, 0.2) is 42.5 Å². The molecule has 3 rings (SSSR count). The van der Waals surface area contributed by atoms with Crippen LogP contribution in [0.3, 0.4) is 0 Å². The standard InChI is InChI=1S/C24H10ClF12IN2O2/c25-16-10(19(39)41)4-5-13(26)15(16)9-2-1-3-11(17(9)27)20(42)40-18-12(22(29,30)31)6-8(7-14(18)38)21(28,23(32,33)34)24(35,36)37/h1-7H,(H2,39,41)(H,40,42). The van der Waals surface area contributed by atoms with Gasteiger partial charge in [0.25, 0.3) is 5.91 Å². The van der Waals surface area contributed by atoms with E-state index in [0.717, 1.165) is 40.8 Å². The van der Waals surface area contributed by atoms with Gasteiger partial charge in [0.05, 0.1) is 27.4 Å². The molecule has 0 bridgehead atoms. The van der Waals surface area contributed by atoms with E-state index in [1.165, 1.54) is 0 Å². The second-order valence-electron chi connectivity index (χ2n) is 8.30. The van der Waals surface area contributed by atoms with Gasteiger partial charge < -0.3 is 11.1 Å². The summed E-state index contributed by atoms with van der Waals surface area (Å²) in [5, 5.41) is 0.856. The molecule has 0 radical (unpaired) electrons. The molecule has 0 saturated heterocycles. The Morgan fingerprint density at radius 2 is 1.40 bits per heavy atom. The first kappa shape index (κ1) is 33.3. The second-order valence-corrected chi connectivity index (χ2v) is 9.84. The summed E-state index contributed by atoms with van der Waals surface area (Å²) in [7, 11) is 0. The summed E-state index contributed by atoms with van der Waals surface area (Å²) in [6.07, 6.45) is -19.2. The van der Waals surface area contributed by atoms with Crippen molar-refractivity contribution in [3.63, 3.8) is 0 Å². The van der Waals surface area contributed by atoms with E-state index >= 15 is 4.39 Å². The first-order valence-electron chi connectivity index (χ1n) is 10.7. The Morgan fingerprint density at radius 3 is 1.90 bits per heavy atom. The molecule has 18 heteroatoms. The number of hydrogen-bond acceptors (Lipinski definition) is 2. The van der Waals surface area contributed by atoms with Gasteiger partial charge in [-0.05, 0) is 52.9 Å². The van der Waals surface area contributed by atoms with E-state index in [1.807, 2.05) is 0 Å². The molecule has 226 valence electrons. The summed E-state index contributed by atoms with van der Waals surface area (Å²) in [5.41, 5.74) is -10.5. The van der Waals surface area contributed by atoms with Crippen LogP contribution in [0.25, 0.3) is 11.1 Å². The predicted molar refractivity (Wildman–Crippen MR) is 132 cm³/mol. The topological polar surface area (TPSA) is 72.2 Å². The largest absolute Gasteiger partial charge is 0.435 e. The molecule has 2 amide bonds. The van der Waals surface area contributed by atoms with Crippen molar-refractivity contribution in [2.75, 3.05) is 5.32 Å². The maximum absolute atomic E-state index is 15.4. The Balaban J connectivity index is 2.19. The summed E-state index contributed by atoms with van der Waals surface area (Å²) in [5.74, 6) is -5.70. The lowest BCUT2D eigenvalue weighted by Gasteiger charge is -2.31. The van der Waals surface area contributed by atoms with Crippen LogP contribution in [-0.2, 0) is 11.8 Å². The minimum atomic E-state index is -6.74. The summed E-state index contributed by atoms with van der Waals surface area (Å²) < 4.78 is 164. The molecule has 3 N–H and O–H groups in total. The Labute approximate surface area is 244 Å². The van der Waals surface area contributed by atoms with Gasteiger partial charge in [0.15, 0.2) is 0 Å². The highest BCUT2D eigenvalue weighted by Gasteiger charge is 2.73. The molecule has 0 unspecified atom stereocenters. The molecular weight excluding hydrogens is 739 g/mol. The number of halogens is 14. The van der Waals surface area contributed by atoms with Crippen LogP contribution >= 0.6 is 34.2 Å². The smallest absolute Gasteiger partial charge is 0.366 e. The van der Waals surface area contributed by atoms with E-state index in [4.69, 9.17) is 17.3 Å². The monoisotopic (exact) mass is 748 g/mol. The number of alkyl halides is 10. The van der Waals surface area contributed by atoms with Crippen molar-refractivity contribution in [3.05, 3.63) is 84.9 Å². The van der Waals surface area contributed by atoms with Crippen molar-refractivity contribution in [3.8, 4) is 11.1 Å². The maximum atomic E-state index is 15.4. The van der Waals surface area contributed by atoms with Gasteiger partial charge in [-0.2, -0.15) is 39.5 Å². The number of primary amides is 1. The first-order chi connectivity index (χ1) is 19.0. The maximum Gasteiger partial charge on any atom is 0.435 e. The zero-order valence-electron chi connectivity index (χ0n) is 19.7. The fourth-order valence-corrected chi connectivity index (χ4v) is 4.82. The number of benzene rings is 3. The predicted octanol–water partition coefficient (Wildman–Crippen LogP) is 8.55. The van der Waals surface area contributed by atoms with Crippen molar-refractivity contribution in [2.45, 2.75) is 24.2 Å². The van der Waals surface area contributed by atoms with Crippen LogP contribution < -0.4 is 11.1 Å². The molecule has 0 heterocycles. The summed E-state index contributed by atoms with van der Waals surface area (Å²) in [6.45, 7) is 0. The van der Waals surface area contributed by atoms with E-state index < -0.39 is 101 Å². The van der Waals surface area contributed by atoms with E-state index in [9.17, 15) is 57.9 Å². The van der Waals surface area contributed by atoms with Crippen LogP contribution in [0.4, 0.5) is 58.4 Å². The zero-order chi connectivity index (χ0) is 32.2. The molecule has 0 atom stereocenters. The van der Waals surface area contributed by atoms with Crippen molar-refractivity contribution in [1.29, 1.82) is 0 Å². The number of amides is 2. The molecule has 4 nitrogen and oxygen atoms in total. The van der Waals surface area contributed by atoms with Gasteiger partial charge in [0.2, 0.25) is 5.91 Å². The molecule has 0 spiro atoms. The van der Waals surface area contributed by atoms with Crippen LogP contribution in [-0.4, -0.2) is 24.2 Å². The van der Waals surface area contributed by atoms with Crippen molar-refractivity contribution < 1.29 is 62.3 Å². The Morgan fingerprint density at radius 1 is 0.833 bits per heavy atom. The van der Waals surface area contributed by atoms with Gasteiger partial charge in [-0.25, -0.2) is 13.2 Å². The van der Waals surface area contributed by atoms with E-state index in [0.29, 0.717) is 12.1 Å². The molecule has 0 aliphatic carbocycles. The van der Waals surface area contributed by atoms with Crippen molar-refractivity contribution in [2.24, 2.45) is 5.73 Å².